The molecule has 0 aromatic carbocycles. The Kier molecular flexibility index (Phi) is 1.86. The summed E-state index contributed by atoms with van der Waals surface area (Å²) in [4.78, 5) is 10.6. The van der Waals surface area contributed by atoms with E-state index in [4.69, 9.17) is 0 Å². The van der Waals surface area contributed by atoms with Crippen LogP contribution in [-0.2, 0) is 4.79 Å². The number of carbonyl (C=O) groups is 1. The summed E-state index contributed by atoms with van der Waals surface area (Å²) in [6, 6.07) is -0.344. The average molecular weight is 261 g/mol. The van der Waals surface area contributed by atoms with Gasteiger partial charge in [0.1, 0.15) is 0 Å². The Balaban J connectivity index is 2.82. The molecule has 0 aliphatic carbocycles. The minimum absolute atomic E-state index is 0.344. The summed E-state index contributed by atoms with van der Waals surface area (Å²) < 4.78 is 25.9. The Morgan fingerprint density at radius 3 is 2.40 bits per heavy atom. The molecule has 0 saturated carbocycles. The number of carbonyl (C=O) groups excluding carboxylic acids is 1. The van der Waals surface area contributed by atoms with Gasteiger partial charge < -0.3 is 0 Å². The number of nitrogens with zero attached hydrogens (tertiary/aromatic N) is 1. The zero-order chi connectivity index (χ0) is 7.94. The van der Waals surface area contributed by atoms with E-state index in [1.165, 1.54) is 0 Å². The SMILES string of the molecule is CC1CC(F)(F)C(=O)N1I. The largest absolute Gasteiger partial charge is 0.327 e. The third-order valence-corrected chi connectivity index (χ3v) is 2.83. The summed E-state index contributed by atoms with van der Waals surface area (Å²) in [5.41, 5.74) is 0. The normalized spacial score (nSPS) is 31.4. The predicted octanol–water partition coefficient (Wildman–Crippen LogP) is 1.59. The number of alkyl halides is 2. The van der Waals surface area contributed by atoms with Gasteiger partial charge in [-0.1, -0.05) is 0 Å². The maximum atomic E-state index is 12.4. The molecular weight excluding hydrogens is 255 g/mol. The molecule has 1 rings (SSSR count). The Hall–Kier alpha value is 0.0600. The molecule has 2 nitrogen and oxygen atoms in total. The molecule has 0 N–H and O–H groups in total. The maximum Gasteiger partial charge on any atom is 0.327 e. The number of hydrogen-bond donors (Lipinski definition) is 0. The standard InChI is InChI=1S/C5H6F2INO/c1-3-2-5(6,7)4(10)9(3)8/h3H,2H2,1H3. The minimum atomic E-state index is -3.12. The summed E-state index contributed by atoms with van der Waals surface area (Å²) in [5.74, 6) is -4.19. The molecule has 1 unspecified atom stereocenters. The first kappa shape index (κ1) is 8.16. The lowest BCUT2D eigenvalue weighted by molar-refractivity contribution is -0.143. The summed E-state index contributed by atoms with van der Waals surface area (Å²) in [7, 11) is 0. The smallest absolute Gasteiger partial charge is 0.277 e. The highest BCUT2D eigenvalue weighted by atomic mass is 127. The van der Waals surface area contributed by atoms with Gasteiger partial charge in [-0.3, -0.25) is 7.91 Å². The van der Waals surface area contributed by atoms with Gasteiger partial charge in [0, 0.05) is 12.5 Å². The molecule has 5 heteroatoms. The zero-order valence-electron chi connectivity index (χ0n) is 5.27. The molecule has 1 atom stereocenters. The first-order chi connectivity index (χ1) is 4.45. The Bertz CT molecular complexity index is 173. The van der Waals surface area contributed by atoms with Crippen LogP contribution in [0.3, 0.4) is 0 Å². The van der Waals surface area contributed by atoms with Crippen LogP contribution in [0.4, 0.5) is 8.78 Å². The Labute approximate surface area is 71.1 Å². The molecule has 0 radical (unpaired) electrons. The topological polar surface area (TPSA) is 20.3 Å². The van der Waals surface area contributed by atoms with E-state index < -0.39 is 11.8 Å². The van der Waals surface area contributed by atoms with Crippen LogP contribution in [0.25, 0.3) is 0 Å². The molecule has 0 aromatic heterocycles. The summed E-state index contributed by atoms with van der Waals surface area (Å²) in [6.07, 6.45) is -0.352. The highest BCUT2D eigenvalue weighted by Gasteiger charge is 2.51. The molecule has 0 bridgehead atoms. The molecular formula is C5H6F2INO. The third-order valence-electron chi connectivity index (χ3n) is 1.45. The van der Waals surface area contributed by atoms with Gasteiger partial charge in [0.2, 0.25) is 0 Å². The third kappa shape index (κ3) is 1.11. The Morgan fingerprint density at radius 1 is 1.80 bits per heavy atom. The Morgan fingerprint density at radius 2 is 2.30 bits per heavy atom. The first-order valence-corrected chi connectivity index (χ1v) is 3.79. The predicted molar refractivity (Wildman–Crippen MR) is 39.9 cm³/mol. The molecule has 1 fully saturated rings. The van der Waals surface area contributed by atoms with Gasteiger partial charge in [-0.15, -0.1) is 0 Å². The van der Waals surface area contributed by atoms with Gasteiger partial charge in [-0.2, -0.15) is 8.78 Å². The van der Waals surface area contributed by atoms with Crippen molar-refractivity contribution in [3.8, 4) is 0 Å². The van der Waals surface area contributed by atoms with E-state index in [2.05, 4.69) is 0 Å². The van der Waals surface area contributed by atoms with Crippen LogP contribution in [0, 0.1) is 0 Å². The van der Waals surface area contributed by atoms with Crippen molar-refractivity contribution in [1.29, 1.82) is 0 Å². The average Bonchev–Trinajstić information content (AvgIpc) is 1.95. The molecule has 0 aromatic rings. The van der Waals surface area contributed by atoms with Crippen molar-refractivity contribution in [1.82, 2.24) is 3.11 Å². The van der Waals surface area contributed by atoms with Gasteiger partial charge in [-0.05, 0) is 6.92 Å². The van der Waals surface area contributed by atoms with E-state index in [1.807, 2.05) is 0 Å². The quantitative estimate of drug-likeness (QED) is 0.479. The number of amides is 1. The van der Waals surface area contributed by atoms with Crippen molar-refractivity contribution >= 4 is 28.8 Å². The van der Waals surface area contributed by atoms with Gasteiger partial charge in [0.25, 0.3) is 0 Å². The van der Waals surface area contributed by atoms with Crippen LogP contribution >= 0.6 is 22.9 Å². The van der Waals surface area contributed by atoms with Crippen molar-refractivity contribution in [2.75, 3.05) is 0 Å². The molecule has 58 valence electrons. The second-order valence-electron chi connectivity index (χ2n) is 2.37. The number of halogens is 3. The molecule has 0 spiro atoms. The van der Waals surface area contributed by atoms with Gasteiger partial charge in [0.05, 0.1) is 22.9 Å². The fraction of sp³-hybridized carbons (Fsp3) is 0.800. The van der Waals surface area contributed by atoms with E-state index in [0.717, 1.165) is 3.11 Å². The summed E-state index contributed by atoms with van der Waals surface area (Å²) >= 11 is 1.61. The lowest BCUT2D eigenvalue weighted by Crippen LogP contribution is -2.27. The van der Waals surface area contributed by atoms with E-state index in [1.54, 1.807) is 29.8 Å². The second-order valence-corrected chi connectivity index (χ2v) is 3.41. The van der Waals surface area contributed by atoms with Crippen molar-refractivity contribution in [3.63, 3.8) is 0 Å². The molecule has 1 aliphatic rings. The molecule has 1 saturated heterocycles. The van der Waals surface area contributed by atoms with Gasteiger partial charge >= 0.3 is 11.8 Å². The van der Waals surface area contributed by atoms with Crippen molar-refractivity contribution < 1.29 is 13.6 Å². The van der Waals surface area contributed by atoms with Crippen molar-refractivity contribution in [3.05, 3.63) is 0 Å². The van der Waals surface area contributed by atoms with Crippen LogP contribution in [-0.4, -0.2) is 21.0 Å². The van der Waals surface area contributed by atoms with Crippen LogP contribution in [0.5, 0.6) is 0 Å². The fourth-order valence-electron chi connectivity index (χ4n) is 0.895. The van der Waals surface area contributed by atoms with E-state index >= 15 is 0 Å². The second kappa shape index (κ2) is 2.28. The van der Waals surface area contributed by atoms with Gasteiger partial charge in [-0.25, -0.2) is 0 Å². The lowest BCUT2D eigenvalue weighted by atomic mass is 10.2. The molecule has 10 heavy (non-hydrogen) atoms. The first-order valence-electron chi connectivity index (χ1n) is 2.82. The van der Waals surface area contributed by atoms with E-state index in [-0.39, 0.29) is 12.5 Å². The minimum Gasteiger partial charge on any atom is -0.277 e. The zero-order valence-corrected chi connectivity index (χ0v) is 7.43. The highest BCUT2D eigenvalue weighted by molar-refractivity contribution is 14.1. The highest BCUT2D eigenvalue weighted by Crippen LogP contribution is 2.35. The number of rotatable bonds is 0. The monoisotopic (exact) mass is 261 g/mol. The van der Waals surface area contributed by atoms with Crippen LogP contribution < -0.4 is 0 Å². The molecule has 1 heterocycles. The van der Waals surface area contributed by atoms with Crippen molar-refractivity contribution in [2.24, 2.45) is 0 Å². The maximum absolute atomic E-state index is 12.4. The van der Waals surface area contributed by atoms with Crippen LogP contribution in [0.1, 0.15) is 13.3 Å². The number of hydrogen-bond acceptors (Lipinski definition) is 1. The van der Waals surface area contributed by atoms with Crippen LogP contribution in [0.2, 0.25) is 0 Å². The summed E-state index contributed by atoms with van der Waals surface area (Å²) in [6.45, 7) is 1.60. The molecule has 1 aliphatic heterocycles. The molecule has 1 amide bonds. The van der Waals surface area contributed by atoms with E-state index in [9.17, 15) is 13.6 Å². The van der Waals surface area contributed by atoms with Crippen molar-refractivity contribution in [2.45, 2.75) is 25.3 Å². The van der Waals surface area contributed by atoms with Crippen LogP contribution in [0.15, 0.2) is 0 Å². The summed E-state index contributed by atoms with van der Waals surface area (Å²) in [5, 5.41) is 0. The van der Waals surface area contributed by atoms with E-state index in [0.29, 0.717) is 0 Å². The van der Waals surface area contributed by atoms with Gasteiger partial charge in [0.15, 0.2) is 0 Å². The lowest BCUT2D eigenvalue weighted by Gasteiger charge is -2.09. The fourth-order valence-corrected chi connectivity index (χ4v) is 1.44.